The third-order valence-corrected chi connectivity index (χ3v) is 5.08. The summed E-state index contributed by atoms with van der Waals surface area (Å²) in [5.74, 6) is 0.623. The summed E-state index contributed by atoms with van der Waals surface area (Å²) in [6.45, 7) is 0. The summed E-state index contributed by atoms with van der Waals surface area (Å²) in [5.41, 5.74) is 4.98. The Hall–Kier alpha value is -3.72. The Morgan fingerprint density at radius 2 is 1.93 bits per heavy atom. The highest BCUT2D eigenvalue weighted by atomic mass is 15.3. The lowest BCUT2D eigenvalue weighted by Crippen LogP contribution is -2.24. The van der Waals surface area contributed by atoms with Gasteiger partial charge in [-0.25, -0.2) is 4.98 Å². The topological polar surface area (TPSA) is 81.5 Å². The summed E-state index contributed by atoms with van der Waals surface area (Å²) in [5, 5.41) is 17.0. The average molecular weight is 352 g/mol. The second-order valence-corrected chi connectivity index (χ2v) is 6.63. The SMILES string of the molecule is N#Cc1ccc(N(c2ncc3cn[nH]c3n2)[C@H]2CCc3ccccc32)cc1. The fraction of sp³-hybridized carbons (Fsp3) is 0.143. The third-order valence-electron chi connectivity index (χ3n) is 5.08. The summed E-state index contributed by atoms with van der Waals surface area (Å²) < 4.78 is 0. The summed E-state index contributed by atoms with van der Waals surface area (Å²) in [7, 11) is 0. The van der Waals surface area contributed by atoms with Crippen molar-refractivity contribution in [3.05, 3.63) is 77.6 Å². The largest absolute Gasteiger partial charge is 0.303 e. The van der Waals surface area contributed by atoms with E-state index in [9.17, 15) is 0 Å². The standard InChI is InChI=1S/C21H16N6/c22-11-14-5-8-17(9-6-14)27(19-10-7-15-3-1-2-4-18(15)19)21-23-12-16-13-24-26-20(16)25-21/h1-6,8-9,12-13,19H,7,10H2,(H,23,24,25,26)/t19-/m0/s1. The molecule has 1 atom stereocenters. The maximum Gasteiger partial charge on any atom is 0.232 e. The Morgan fingerprint density at radius 1 is 1.07 bits per heavy atom. The van der Waals surface area contributed by atoms with Crippen LogP contribution >= 0.6 is 0 Å². The Balaban J connectivity index is 1.66. The van der Waals surface area contributed by atoms with E-state index in [-0.39, 0.29) is 6.04 Å². The smallest absolute Gasteiger partial charge is 0.232 e. The van der Waals surface area contributed by atoms with Crippen LogP contribution in [0.15, 0.2) is 60.9 Å². The van der Waals surface area contributed by atoms with Gasteiger partial charge in [-0.3, -0.25) is 5.10 Å². The molecule has 0 bridgehead atoms. The number of aromatic nitrogens is 4. The van der Waals surface area contributed by atoms with Crippen LogP contribution in [-0.4, -0.2) is 20.2 Å². The molecular weight excluding hydrogens is 336 g/mol. The molecule has 0 radical (unpaired) electrons. The number of rotatable bonds is 3. The molecule has 1 aliphatic rings. The van der Waals surface area contributed by atoms with Gasteiger partial charge in [0.25, 0.3) is 0 Å². The van der Waals surface area contributed by atoms with E-state index in [1.165, 1.54) is 11.1 Å². The predicted octanol–water partition coefficient (Wildman–Crippen LogP) is 4.05. The molecule has 2 aromatic heterocycles. The van der Waals surface area contributed by atoms with Gasteiger partial charge < -0.3 is 4.90 Å². The van der Waals surface area contributed by atoms with Gasteiger partial charge >= 0.3 is 0 Å². The number of fused-ring (bicyclic) bond motifs is 2. The van der Waals surface area contributed by atoms with Crippen molar-refractivity contribution in [2.75, 3.05) is 4.90 Å². The second-order valence-electron chi connectivity index (χ2n) is 6.63. The van der Waals surface area contributed by atoms with Gasteiger partial charge in [0, 0.05) is 11.9 Å². The maximum atomic E-state index is 9.12. The molecule has 0 amide bonds. The first-order chi connectivity index (χ1) is 13.3. The highest BCUT2D eigenvalue weighted by Gasteiger charge is 2.30. The highest BCUT2D eigenvalue weighted by molar-refractivity contribution is 5.75. The van der Waals surface area contributed by atoms with E-state index in [1.54, 1.807) is 12.4 Å². The van der Waals surface area contributed by atoms with Crippen molar-refractivity contribution in [2.45, 2.75) is 18.9 Å². The summed E-state index contributed by atoms with van der Waals surface area (Å²) in [6.07, 6.45) is 5.53. The molecule has 6 nitrogen and oxygen atoms in total. The molecule has 0 spiro atoms. The van der Waals surface area contributed by atoms with Gasteiger partial charge in [0.05, 0.1) is 29.3 Å². The van der Waals surface area contributed by atoms with E-state index in [4.69, 9.17) is 10.2 Å². The van der Waals surface area contributed by atoms with Crippen molar-refractivity contribution < 1.29 is 0 Å². The molecule has 6 heteroatoms. The number of aryl methyl sites for hydroxylation is 1. The van der Waals surface area contributed by atoms with Crippen LogP contribution in [0, 0.1) is 11.3 Å². The van der Waals surface area contributed by atoms with E-state index < -0.39 is 0 Å². The number of benzene rings is 2. The number of nitriles is 1. The number of nitrogens with one attached hydrogen (secondary N) is 1. The Kier molecular flexibility index (Phi) is 3.58. The molecule has 0 aliphatic heterocycles. The van der Waals surface area contributed by atoms with Gasteiger partial charge in [-0.2, -0.15) is 15.3 Å². The van der Waals surface area contributed by atoms with Gasteiger partial charge in [-0.05, 0) is 48.2 Å². The maximum absolute atomic E-state index is 9.12. The first-order valence-electron chi connectivity index (χ1n) is 8.87. The van der Waals surface area contributed by atoms with E-state index in [1.807, 2.05) is 24.3 Å². The van der Waals surface area contributed by atoms with Crippen molar-refractivity contribution in [1.82, 2.24) is 20.2 Å². The minimum Gasteiger partial charge on any atom is -0.303 e. The Bertz CT molecular complexity index is 1160. The normalized spacial score (nSPS) is 15.4. The van der Waals surface area contributed by atoms with Gasteiger partial charge in [-0.15, -0.1) is 0 Å². The lowest BCUT2D eigenvalue weighted by molar-refractivity contribution is 0.673. The van der Waals surface area contributed by atoms with Crippen molar-refractivity contribution in [3.8, 4) is 6.07 Å². The van der Waals surface area contributed by atoms with Crippen molar-refractivity contribution >= 4 is 22.7 Å². The van der Waals surface area contributed by atoms with Crippen molar-refractivity contribution in [1.29, 1.82) is 5.26 Å². The molecule has 0 saturated carbocycles. The molecule has 27 heavy (non-hydrogen) atoms. The molecule has 4 aromatic rings. The van der Waals surface area contributed by atoms with Crippen LogP contribution in [-0.2, 0) is 6.42 Å². The monoisotopic (exact) mass is 352 g/mol. The zero-order chi connectivity index (χ0) is 18.2. The quantitative estimate of drug-likeness (QED) is 0.601. The average Bonchev–Trinajstić information content (AvgIpc) is 3.36. The van der Waals surface area contributed by atoms with Crippen LogP contribution in [0.1, 0.15) is 29.2 Å². The number of hydrogen-bond acceptors (Lipinski definition) is 5. The van der Waals surface area contributed by atoms with Gasteiger partial charge in [0.2, 0.25) is 5.95 Å². The molecule has 0 unspecified atom stereocenters. The van der Waals surface area contributed by atoms with Crippen LogP contribution in [0.2, 0.25) is 0 Å². The molecular formula is C21H16N6. The molecule has 0 fully saturated rings. The summed E-state index contributed by atoms with van der Waals surface area (Å²) in [6, 6.07) is 18.4. The number of nitrogens with zero attached hydrogens (tertiary/aromatic N) is 5. The lowest BCUT2D eigenvalue weighted by atomic mass is 10.1. The van der Waals surface area contributed by atoms with E-state index >= 15 is 0 Å². The number of anilines is 2. The first-order valence-corrected chi connectivity index (χ1v) is 8.87. The van der Waals surface area contributed by atoms with Crippen molar-refractivity contribution in [2.24, 2.45) is 0 Å². The Labute approximate surface area is 156 Å². The van der Waals surface area contributed by atoms with E-state index in [2.05, 4.69) is 50.4 Å². The van der Waals surface area contributed by atoms with Crippen LogP contribution in [0.25, 0.3) is 11.0 Å². The fourth-order valence-corrected chi connectivity index (χ4v) is 3.78. The third kappa shape index (κ3) is 2.61. The molecule has 1 N–H and O–H groups in total. The van der Waals surface area contributed by atoms with Gasteiger partial charge in [0.15, 0.2) is 5.65 Å². The Morgan fingerprint density at radius 3 is 2.78 bits per heavy atom. The van der Waals surface area contributed by atoms with Crippen LogP contribution in [0.4, 0.5) is 11.6 Å². The van der Waals surface area contributed by atoms with Crippen LogP contribution in [0.3, 0.4) is 0 Å². The minimum atomic E-state index is 0.148. The van der Waals surface area contributed by atoms with Crippen LogP contribution < -0.4 is 4.90 Å². The lowest BCUT2D eigenvalue weighted by Gasteiger charge is -2.30. The zero-order valence-electron chi connectivity index (χ0n) is 14.5. The number of aromatic amines is 1. The minimum absolute atomic E-state index is 0.148. The molecule has 0 saturated heterocycles. The molecule has 1 aliphatic carbocycles. The fourth-order valence-electron chi connectivity index (χ4n) is 3.78. The zero-order valence-corrected chi connectivity index (χ0v) is 14.5. The predicted molar refractivity (Wildman–Crippen MR) is 102 cm³/mol. The van der Waals surface area contributed by atoms with E-state index in [0.29, 0.717) is 17.2 Å². The van der Waals surface area contributed by atoms with Gasteiger partial charge in [0.1, 0.15) is 0 Å². The van der Waals surface area contributed by atoms with E-state index in [0.717, 1.165) is 23.9 Å². The molecule has 2 heterocycles. The summed E-state index contributed by atoms with van der Waals surface area (Å²) >= 11 is 0. The highest BCUT2D eigenvalue weighted by Crippen LogP contribution is 2.41. The first kappa shape index (κ1) is 15.5. The summed E-state index contributed by atoms with van der Waals surface area (Å²) in [4.78, 5) is 11.5. The molecule has 5 rings (SSSR count). The molecule has 130 valence electrons. The van der Waals surface area contributed by atoms with Crippen LogP contribution in [0.5, 0.6) is 0 Å². The number of H-pyrrole nitrogens is 1. The van der Waals surface area contributed by atoms with Gasteiger partial charge in [-0.1, -0.05) is 24.3 Å². The second kappa shape index (κ2) is 6.22. The number of hydrogen-bond donors (Lipinski definition) is 1. The molecule has 2 aromatic carbocycles. The van der Waals surface area contributed by atoms with Crippen molar-refractivity contribution in [3.63, 3.8) is 0 Å².